The average Bonchev–Trinajstić information content (AvgIpc) is 3.39. The Morgan fingerprint density at radius 3 is 2.47 bits per heavy atom. The first kappa shape index (κ1) is 18.0. The van der Waals surface area contributed by atoms with Gasteiger partial charge < -0.3 is 9.15 Å². The van der Waals surface area contributed by atoms with E-state index < -0.39 is 0 Å². The Bertz CT molecular complexity index is 1100. The number of rotatable bonds is 4. The zero-order chi connectivity index (χ0) is 20.6. The number of hydrogen-bond donors (Lipinski definition) is 0. The summed E-state index contributed by atoms with van der Waals surface area (Å²) >= 11 is 6.10. The number of amides is 2. The molecular formula is C23H19ClN2O4. The van der Waals surface area contributed by atoms with Gasteiger partial charge in [0, 0.05) is 5.02 Å². The molecule has 1 saturated heterocycles. The molecule has 1 aromatic carbocycles. The summed E-state index contributed by atoms with van der Waals surface area (Å²) in [5.74, 6) is 2.27. The van der Waals surface area contributed by atoms with Crippen molar-refractivity contribution in [2.45, 2.75) is 6.42 Å². The number of carbonyl (C=O) groups excluding carboxylic acids is 2. The van der Waals surface area contributed by atoms with Gasteiger partial charge in [-0.15, -0.1) is 0 Å². The van der Waals surface area contributed by atoms with Crippen molar-refractivity contribution in [1.82, 2.24) is 5.01 Å². The van der Waals surface area contributed by atoms with Gasteiger partial charge in [0.05, 0.1) is 30.7 Å². The van der Waals surface area contributed by atoms with Gasteiger partial charge in [-0.05, 0) is 60.4 Å². The zero-order valence-electron chi connectivity index (χ0n) is 16.2. The van der Waals surface area contributed by atoms with Crippen LogP contribution in [0.4, 0.5) is 0 Å². The van der Waals surface area contributed by atoms with Crippen molar-refractivity contribution in [3.8, 4) is 17.1 Å². The molecule has 5 aliphatic rings. The molecule has 30 heavy (non-hydrogen) atoms. The van der Waals surface area contributed by atoms with Crippen LogP contribution in [-0.2, 0) is 9.59 Å². The number of ether oxygens (including phenoxy) is 1. The van der Waals surface area contributed by atoms with Crippen LogP contribution in [0.5, 0.6) is 5.75 Å². The van der Waals surface area contributed by atoms with E-state index in [9.17, 15) is 9.59 Å². The van der Waals surface area contributed by atoms with E-state index in [1.165, 1.54) is 6.21 Å². The maximum Gasteiger partial charge on any atom is 0.254 e. The maximum atomic E-state index is 13.0. The molecule has 7 heteroatoms. The van der Waals surface area contributed by atoms with Gasteiger partial charge in [-0.2, -0.15) is 10.1 Å². The minimum Gasteiger partial charge on any atom is -0.496 e. The van der Waals surface area contributed by atoms with Gasteiger partial charge in [0.1, 0.15) is 17.3 Å². The first-order valence-electron chi connectivity index (χ1n) is 10.1. The van der Waals surface area contributed by atoms with Crippen LogP contribution in [0.3, 0.4) is 0 Å². The number of carbonyl (C=O) groups is 2. The minimum absolute atomic E-state index is 0.186. The molecule has 2 amide bonds. The van der Waals surface area contributed by atoms with Gasteiger partial charge in [-0.3, -0.25) is 9.59 Å². The Labute approximate surface area is 178 Å². The van der Waals surface area contributed by atoms with Gasteiger partial charge in [0.25, 0.3) is 11.8 Å². The third-order valence-corrected chi connectivity index (χ3v) is 7.23. The van der Waals surface area contributed by atoms with Gasteiger partial charge in [-0.1, -0.05) is 23.8 Å². The summed E-state index contributed by atoms with van der Waals surface area (Å²) in [5.41, 5.74) is 0.714. The van der Waals surface area contributed by atoms with Gasteiger partial charge in [0.2, 0.25) is 0 Å². The van der Waals surface area contributed by atoms with E-state index in [0.717, 1.165) is 11.4 Å². The lowest BCUT2D eigenvalue weighted by atomic mass is 9.63. The third kappa shape index (κ3) is 2.46. The van der Waals surface area contributed by atoms with E-state index in [4.69, 9.17) is 20.8 Å². The molecule has 1 aromatic heterocycles. The van der Waals surface area contributed by atoms with Gasteiger partial charge >= 0.3 is 0 Å². The van der Waals surface area contributed by atoms with Crippen LogP contribution in [0.1, 0.15) is 12.2 Å². The van der Waals surface area contributed by atoms with E-state index in [-0.39, 0.29) is 35.5 Å². The van der Waals surface area contributed by atoms with Crippen molar-refractivity contribution in [1.29, 1.82) is 0 Å². The Morgan fingerprint density at radius 1 is 1.10 bits per heavy atom. The highest BCUT2D eigenvalue weighted by atomic mass is 35.5. The van der Waals surface area contributed by atoms with Crippen molar-refractivity contribution in [2.75, 3.05) is 7.11 Å². The number of benzene rings is 1. The number of hydrazone groups is 1. The number of hydrogen-bond acceptors (Lipinski definition) is 5. The van der Waals surface area contributed by atoms with Crippen LogP contribution in [0.25, 0.3) is 11.3 Å². The standard InChI is InChI=1S/C23H19ClN2O4/c1-29-18-6-2-11(24)8-17(18)19-7-3-12(30-19)10-25-26-22(27)20-13-4-5-14(16-9-15(13)16)21(20)23(26)28/h2-8,10,13-16,20-21H,9H2,1H3/b25-10-/t13-,14-,15-,16+,20-,21+/m0/s1. The van der Waals surface area contributed by atoms with Crippen LogP contribution >= 0.6 is 11.6 Å². The van der Waals surface area contributed by atoms with Crippen LogP contribution in [0, 0.1) is 35.5 Å². The molecule has 3 fully saturated rings. The molecule has 0 N–H and O–H groups in total. The van der Waals surface area contributed by atoms with Crippen molar-refractivity contribution in [2.24, 2.45) is 40.6 Å². The molecule has 1 aliphatic heterocycles. The van der Waals surface area contributed by atoms with Gasteiger partial charge in [-0.25, -0.2) is 0 Å². The average molecular weight is 423 g/mol. The van der Waals surface area contributed by atoms with Crippen molar-refractivity contribution in [3.05, 3.63) is 53.3 Å². The summed E-state index contributed by atoms with van der Waals surface area (Å²) in [7, 11) is 1.58. The smallest absolute Gasteiger partial charge is 0.254 e. The molecule has 2 aromatic rings. The van der Waals surface area contributed by atoms with Crippen LogP contribution in [0.2, 0.25) is 5.02 Å². The second-order valence-corrected chi connectivity index (χ2v) is 8.87. The van der Waals surface area contributed by atoms with Crippen LogP contribution < -0.4 is 4.74 Å². The lowest BCUT2D eigenvalue weighted by Crippen LogP contribution is -2.40. The van der Waals surface area contributed by atoms with Crippen molar-refractivity contribution in [3.63, 3.8) is 0 Å². The van der Waals surface area contributed by atoms with Crippen molar-refractivity contribution >= 4 is 29.6 Å². The van der Waals surface area contributed by atoms with E-state index in [1.54, 1.807) is 37.4 Å². The van der Waals surface area contributed by atoms with E-state index in [2.05, 4.69) is 17.3 Å². The first-order chi connectivity index (χ1) is 14.6. The summed E-state index contributed by atoms with van der Waals surface area (Å²) in [6.07, 6.45) is 6.86. The molecule has 0 radical (unpaired) electrons. The van der Waals surface area contributed by atoms with E-state index in [0.29, 0.717) is 39.7 Å². The lowest BCUT2D eigenvalue weighted by molar-refractivity contribution is -0.140. The van der Waals surface area contributed by atoms with Gasteiger partial charge in [0.15, 0.2) is 0 Å². The second-order valence-electron chi connectivity index (χ2n) is 8.43. The summed E-state index contributed by atoms with van der Waals surface area (Å²) in [6, 6.07) is 8.78. The predicted molar refractivity (Wildman–Crippen MR) is 110 cm³/mol. The summed E-state index contributed by atoms with van der Waals surface area (Å²) < 4.78 is 11.2. The molecule has 2 saturated carbocycles. The second kappa shape index (κ2) is 6.32. The molecule has 0 spiro atoms. The molecule has 6 nitrogen and oxygen atoms in total. The molecule has 2 bridgehead atoms. The van der Waals surface area contributed by atoms with Crippen molar-refractivity contribution < 1.29 is 18.7 Å². The largest absolute Gasteiger partial charge is 0.496 e. The Kier molecular flexibility index (Phi) is 3.78. The molecule has 6 atom stereocenters. The number of halogens is 1. The number of methoxy groups -OCH3 is 1. The Morgan fingerprint density at radius 2 is 1.80 bits per heavy atom. The predicted octanol–water partition coefficient (Wildman–Crippen LogP) is 4.00. The maximum absolute atomic E-state index is 13.0. The highest BCUT2D eigenvalue weighted by Crippen LogP contribution is 2.65. The van der Waals surface area contributed by atoms with E-state index >= 15 is 0 Å². The number of allylic oxidation sites excluding steroid dienone is 2. The molecule has 2 heterocycles. The Balaban J connectivity index is 1.26. The minimum atomic E-state index is -0.253. The monoisotopic (exact) mass is 422 g/mol. The quantitative estimate of drug-likeness (QED) is 0.424. The molecule has 152 valence electrons. The molecule has 4 aliphatic carbocycles. The number of nitrogens with zero attached hydrogens (tertiary/aromatic N) is 2. The SMILES string of the molecule is COc1ccc(Cl)cc1-c1ccc(/C=N\N2C(=O)[C@@H]3[C@H]4C=C[C@@H]([C@@H]5C[C@H]45)[C@@H]3C2=O)o1. The van der Waals surface area contributed by atoms with Crippen LogP contribution in [-0.4, -0.2) is 30.1 Å². The highest BCUT2D eigenvalue weighted by molar-refractivity contribution is 6.31. The normalized spacial score (nSPS) is 33.3. The first-order valence-corrected chi connectivity index (χ1v) is 10.5. The summed E-state index contributed by atoms with van der Waals surface area (Å²) in [4.78, 5) is 25.9. The van der Waals surface area contributed by atoms with Crippen LogP contribution in [0.15, 0.2) is 52.0 Å². The number of imide groups is 1. The topological polar surface area (TPSA) is 72.1 Å². The fourth-order valence-corrected chi connectivity index (χ4v) is 5.78. The third-order valence-electron chi connectivity index (χ3n) is 6.99. The number of furan rings is 1. The molecule has 7 rings (SSSR count). The summed E-state index contributed by atoms with van der Waals surface area (Å²) in [5, 5.41) is 5.83. The lowest BCUT2D eigenvalue weighted by Gasteiger charge is -2.37. The summed E-state index contributed by atoms with van der Waals surface area (Å²) in [6.45, 7) is 0. The fraction of sp³-hybridized carbons (Fsp3) is 0.348. The zero-order valence-corrected chi connectivity index (χ0v) is 17.0. The highest BCUT2D eigenvalue weighted by Gasteiger charge is 2.67. The fourth-order valence-electron chi connectivity index (χ4n) is 5.61. The Hall–Kier alpha value is -2.86. The molecule has 0 unspecified atom stereocenters. The van der Waals surface area contributed by atoms with E-state index in [1.807, 2.05) is 0 Å². The molecular weight excluding hydrogens is 404 g/mol.